The molecule has 0 aromatic heterocycles. The van der Waals surface area contributed by atoms with Gasteiger partial charge in [0.2, 0.25) is 0 Å². The van der Waals surface area contributed by atoms with Crippen LogP contribution in [0.25, 0.3) is 0 Å². The van der Waals surface area contributed by atoms with E-state index in [0.29, 0.717) is 0 Å². The summed E-state index contributed by atoms with van der Waals surface area (Å²) in [7, 11) is 0. The predicted molar refractivity (Wildman–Crippen MR) is 105 cm³/mol. The van der Waals surface area contributed by atoms with Crippen molar-refractivity contribution >= 4 is 5.78 Å². The first-order chi connectivity index (χ1) is 11.7. The normalized spacial score (nSPS) is 11.6. The van der Waals surface area contributed by atoms with E-state index < -0.39 is 0 Å². The average molecular weight is 338 g/mol. The lowest BCUT2D eigenvalue weighted by atomic mass is 9.92. The summed E-state index contributed by atoms with van der Waals surface area (Å²) in [6, 6.07) is 12.1. The molecule has 2 rings (SSSR count). The Balaban J connectivity index is 2.19. The molecule has 0 amide bonds. The molecule has 2 N–H and O–H groups in total. The molecule has 3 nitrogen and oxygen atoms in total. The van der Waals surface area contributed by atoms with E-state index in [2.05, 4.69) is 50.7 Å². The summed E-state index contributed by atoms with van der Waals surface area (Å²) in [6.07, 6.45) is 0.983. The molecular weight excluding hydrogens is 308 g/mol. The number of hydrogen-bond acceptors (Lipinski definition) is 3. The fourth-order valence-electron chi connectivity index (χ4n) is 2.96. The molecule has 0 aliphatic heterocycles. The van der Waals surface area contributed by atoms with Crippen molar-refractivity contribution in [1.82, 2.24) is 10.9 Å². The lowest BCUT2D eigenvalue weighted by Crippen LogP contribution is -2.45. The van der Waals surface area contributed by atoms with Gasteiger partial charge in [-0.05, 0) is 63.3 Å². The van der Waals surface area contributed by atoms with Crippen molar-refractivity contribution in [3.8, 4) is 0 Å². The fourth-order valence-corrected chi connectivity index (χ4v) is 2.96. The van der Waals surface area contributed by atoms with Crippen molar-refractivity contribution in [2.75, 3.05) is 0 Å². The van der Waals surface area contributed by atoms with Crippen molar-refractivity contribution in [3.63, 3.8) is 0 Å². The van der Waals surface area contributed by atoms with Crippen molar-refractivity contribution in [2.45, 2.75) is 60.0 Å². The van der Waals surface area contributed by atoms with E-state index in [4.69, 9.17) is 0 Å². The molecule has 0 spiro atoms. The summed E-state index contributed by atoms with van der Waals surface area (Å²) in [5.41, 5.74) is 12.6. The van der Waals surface area contributed by atoms with Gasteiger partial charge in [0.1, 0.15) is 0 Å². The second-order valence-corrected chi connectivity index (χ2v) is 7.71. The monoisotopic (exact) mass is 338 g/mol. The van der Waals surface area contributed by atoms with Crippen molar-refractivity contribution in [1.29, 1.82) is 0 Å². The summed E-state index contributed by atoms with van der Waals surface area (Å²) in [6.45, 7) is 13.2. The first-order valence-electron chi connectivity index (χ1n) is 8.95. The second-order valence-electron chi connectivity index (χ2n) is 7.71. The van der Waals surface area contributed by atoms with E-state index in [9.17, 15) is 4.79 Å². The van der Waals surface area contributed by atoms with E-state index in [1.165, 1.54) is 11.1 Å². The number of benzene rings is 2. The SMILES string of the molecule is CCc1ccc(C(=O)c2c(C)cc(CNNC(C)(C)C)cc2C)cc1. The van der Waals surface area contributed by atoms with Crippen LogP contribution in [-0.2, 0) is 13.0 Å². The minimum atomic E-state index is 0.0185. The first-order valence-corrected chi connectivity index (χ1v) is 8.95. The highest BCUT2D eigenvalue weighted by molar-refractivity contribution is 6.10. The highest BCUT2D eigenvalue weighted by atomic mass is 16.1. The largest absolute Gasteiger partial charge is 0.289 e. The highest BCUT2D eigenvalue weighted by Crippen LogP contribution is 2.21. The van der Waals surface area contributed by atoms with Gasteiger partial charge < -0.3 is 0 Å². The van der Waals surface area contributed by atoms with Crippen molar-refractivity contribution < 1.29 is 4.79 Å². The van der Waals surface area contributed by atoms with Crippen LogP contribution < -0.4 is 10.9 Å². The van der Waals surface area contributed by atoms with Crippen LogP contribution in [-0.4, -0.2) is 11.3 Å². The Morgan fingerprint density at radius 2 is 1.52 bits per heavy atom. The minimum Gasteiger partial charge on any atom is -0.289 e. The van der Waals surface area contributed by atoms with Crippen LogP contribution in [0.5, 0.6) is 0 Å². The summed E-state index contributed by atoms with van der Waals surface area (Å²) < 4.78 is 0. The molecular formula is C22H30N2O. The first kappa shape index (κ1) is 19.4. The maximum atomic E-state index is 12.9. The molecule has 0 saturated carbocycles. The van der Waals surface area contributed by atoms with Crippen molar-refractivity contribution in [3.05, 3.63) is 69.8 Å². The van der Waals surface area contributed by atoms with Gasteiger partial charge in [-0.15, -0.1) is 0 Å². The van der Waals surface area contributed by atoms with E-state index in [1.807, 2.05) is 38.1 Å². The molecule has 0 heterocycles. The number of ketones is 1. The highest BCUT2D eigenvalue weighted by Gasteiger charge is 2.16. The molecule has 134 valence electrons. The molecule has 0 unspecified atom stereocenters. The number of hydrogen-bond donors (Lipinski definition) is 2. The second kappa shape index (κ2) is 7.94. The Kier molecular flexibility index (Phi) is 6.15. The predicted octanol–water partition coefficient (Wildman–Crippen LogP) is 4.49. The average Bonchev–Trinajstić information content (AvgIpc) is 2.53. The standard InChI is InChI=1S/C22H30N2O/c1-7-17-8-10-19(11-9-17)21(25)20-15(2)12-18(13-16(20)3)14-23-24-22(4,5)6/h8-13,23-24H,7,14H2,1-6H3. The molecule has 0 bridgehead atoms. The van der Waals surface area contributed by atoms with Gasteiger partial charge in [-0.2, -0.15) is 0 Å². The van der Waals surface area contributed by atoms with Crippen LogP contribution in [0.3, 0.4) is 0 Å². The van der Waals surface area contributed by atoms with Gasteiger partial charge in [-0.1, -0.05) is 43.3 Å². The van der Waals surface area contributed by atoms with Gasteiger partial charge in [0.25, 0.3) is 0 Å². The van der Waals surface area contributed by atoms with Gasteiger partial charge in [-0.25, -0.2) is 0 Å². The molecule has 2 aromatic carbocycles. The third-order valence-electron chi connectivity index (χ3n) is 4.20. The quantitative estimate of drug-likeness (QED) is 0.602. The van der Waals surface area contributed by atoms with E-state index in [1.54, 1.807) is 0 Å². The van der Waals surface area contributed by atoms with E-state index >= 15 is 0 Å². The Bertz CT molecular complexity index is 717. The molecule has 0 fully saturated rings. The zero-order chi connectivity index (χ0) is 18.6. The number of rotatable bonds is 6. The number of nitrogens with one attached hydrogen (secondary N) is 2. The molecule has 0 aliphatic carbocycles. The lowest BCUT2D eigenvalue weighted by molar-refractivity contribution is 0.103. The summed E-state index contributed by atoms with van der Waals surface area (Å²) in [4.78, 5) is 12.9. The number of carbonyl (C=O) groups excluding carboxylic acids is 1. The van der Waals surface area contributed by atoms with Gasteiger partial charge in [0.05, 0.1) is 0 Å². The van der Waals surface area contributed by atoms with Crippen LogP contribution in [0, 0.1) is 13.8 Å². The molecule has 0 saturated heterocycles. The summed E-state index contributed by atoms with van der Waals surface area (Å²) in [5, 5.41) is 0. The van der Waals surface area contributed by atoms with Gasteiger partial charge in [0, 0.05) is 23.2 Å². The van der Waals surface area contributed by atoms with Gasteiger partial charge >= 0.3 is 0 Å². The van der Waals surface area contributed by atoms with E-state index in [0.717, 1.165) is 35.2 Å². The number of aryl methyl sites for hydroxylation is 3. The zero-order valence-corrected chi connectivity index (χ0v) is 16.3. The Morgan fingerprint density at radius 3 is 2.00 bits per heavy atom. The lowest BCUT2D eigenvalue weighted by Gasteiger charge is -2.21. The molecule has 0 radical (unpaired) electrons. The van der Waals surface area contributed by atoms with Crippen LogP contribution in [0.4, 0.5) is 0 Å². The van der Waals surface area contributed by atoms with Gasteiger partial charge in [0.15, 0.2) is 5.78 Å². The Morgan fingerprint density at radius 1 is 0.960 bits per heavy atom. The van der Waals surface area contributed by atoms with Crippen molar-refractivity contribution in [2.24, 2.45) is 0 Å². The van der Waals surface area contributed by atoms with Crippen LogP contribution >= 0.6 is 0 Å². The van der Waals surface area contributed by atoms with Crippen LogP contribution in [0.2, 0.25) is 0 Å². The van der Waals surface area contributed by atoms with Crippen LogP contribution in [0.15, 0.2) is 36.4 Å². The third kappa shape index (κ3) is 5.25. The van der Waals surface area contributed by atoms with Gasteiger partial charge in [-0.3, -0.25) is 15.6 Å². The molecule has 0 atom stereocenters. The summed E-state index contributed by atoms with van der Waals surface area (Å²) >= 11 is 0. The Hall–Kier alpha value is -1.97. The number of hydrazine groups is 1. The molecule has 25 heavy (non-hydrogen) atoms. The third-order valence-corrected chi connectivity index (χ3v) is 4.20. The molecule has 2 aromatic rings. The van der Waals surface area contributed by atoms with E-state index in [-0.39, 0.29) is 11.3 Å². The zero-order valence-electron chi connectivity index (χ0n) is 16.3. The maximum Gasteiger partial charge on any atom is 0.193 e. The Labute approximate surface area is 151 Å². The van der Waals surface area contributed by atoms with Crippen LogP contribution in [0.1, 0.15) is 65.9 Å². The number of carbonyl (C=O) groups is 1. The smallest absolute Gasteiger partial charge is 0.193 e. The molecule has 3 heteroatoms. The molecule has 0 aliphatic rings. The fraction of sp³-hybridized carbons (Fsp3) is 0.409. The minimum absolute atomic E-state index is 0.0185. The topological polar surface area (TPSA) is 41.1 Å². The maximum absolute atomic E-state index is 12.9. The summed E-state index contributed by atoms with van der Waals surface area (Å²) in [5.74, 6) is 0.102.